The van der Waals surface area contributed by atoms with Gasteiger partial charge in [0, 0.05) is 19.6 Å². The minimum absolute atomic E-state index is 0.0203. The van der Waals surface area contributed by atoms with Crippen molar-refractivity contribution in [2.75, 3.05) is 39.5 Å². The lowest BCUT2D eigenvalue weighted by Gasteiger charge is -2.17. The van der Waals surface area contributed by atoms with Gasteiger partial charge in [-0.25, -0.2) is 0 Å². The first-order valence-corrected chi connectivity index (χ1v) is 8.30. The van der Waals surface area contributed by atoms with Crippen molar-refractivity contribution >= 4 is 10.1 Å². The number of rotatable bonds is 7. The van der Waals surface area contributed by atoms with Gasteiger partial charge in [-0.2, -0.15) is 8.42 Å². The van der Waals surface area contributed by atoms with Crippen LogP contribution in [0.3, 0.4) is 0 Å². The average Bonchev–Trinajstić information content (AvgIpc) is 2.38. The van der Waals surface area contributed by atoms with E-state index in [2.05, 4.69) is 0 Å². The smallest absolute Gasteiger partial charge is 0.294 e. The highest BCUT2D eigenvalue weighted by Crippen LogP contribution is 2.15. The third-order valence-electron chi connectivity index (χ3n) is 2.86. The highest BCUT2D eigenvalue weighted by molar-refractivity contribution is 7.85. The van der Waals surface area contributed by atoms with Crippen LogP contribution in [0.25, 0.3) is 0 Å². The number of aliphatic hydroxyl groups is 3. The van der Waals surface area contributed by atoms with E-state index in [9.17, 15) is 8.42 Å². The molecule has 7 nitrogen and oxygen atoms in total. The molecule has 0 fully saturated rings. The molecule has 0 saturated carbocycles. The molecule has 0 heterocycles. The van der Waals surface area contributed by atoms with Gasteiger partial charge in [0.2, 0.25) is 0 Å². The summed E-state index contributed by atoms with van der Waals surface area (Å²) in [5.41, 5.74) is 1.54. The summed E-state index contributed by atoms with van der Waals surface area (Å²) in [4.78, 5) is 1.77. The van der Waals surface area contributed by atoms with Crippen LogP contribution < -0.4 is 0 Å². The van der Waals surface area contributed by atoms with Crippen LogP contribution in [0, 0.1) is 13.8 Å². The number of nitrogens with zero attached hydrogens (tertiary/aromatic N) is 1. The van der Waals surface area contributed by atoms with Crippen LogP contribution in [0.15, 0.2) is 23.1 Å². The molecule has 1 rings (SSSR count). The molecule has 0 bridgehead atoms. The summed E-state index contributed by atoms with van der Waals surface area (Å²) in [7, 11) is -4.05. The summed E-state index contributed by atoms with van der Waals surface area (Å²) in [6.07, 6.45) is 0. The Labute approximate surface area is 131 Å². The Hall–Kier alpha value is -1.03. The maximum absolute atomic E-state index is 10.7. The van der Waals surface area contributed by atoms with Crippen molar-refractivity contribution in [2.45, 2.75) is 18.7 Å². The van der Waals surface area contributed by atoms with E-state index in [1.807, 2.05) is 6.92 Å². The summed E-state index contributed by atoms with van der Waals surface area (Å²) in [6, 6.07) is 4.76. The summed E-state index contributed by atoms with van der Waals surface area (Å²) in [6.45, 7) is 5.26. The first-order valence-electron chi connectivity index (χ1n) is 6.86. The summed E-state index contributed by atoms with van der Waals surface area (Å²) in [5, 5.41) is 25.5. The molecule has 0 aromatic heterocycles. The summed E-state index contributed by atoms with van der Waals surface area (Å²) < 4.78 is 30.2. The zero-order chi connectivity index (χ0) is 17.2. The van der Waals surface area contributed by atoms with Crippen LogP contribution >= 0.6 is 0 Å². The number of aliphatic hydroxyl groups excluding tert-OH is 3. The van der Waals surface area contributed by atoms with Gasteiger partial charge in [0.25, 0.3) is 10.1 Å². The SMILES string of the molecule is Cc1ccc(S(=O)(=O)O)c(C)c1.OCCN(CCO)CCO. The molecular weight excluding hydrogens is 310 g/mol. The van der Waals surface area contributed by atoms with Crippen LogP contribution in [-0.4, -0.2) is 72.6 Å². The van der Waals surface area contributed by atoms with Gasteiger partial charge in [0.1, 0.15) is 0 Å². The fraction of sp³-hybridized carbons (Fsp3) is 0.571. The van der Waals surface area contributed by atoms with E-state index in [1.165, 1.54) is 6.07 Å². The molecule has 1 aromatic rings. The standard InChI is InChI=1S/C8H10O3S.C6H15NO3/c1-6-3-4-8(7(2)5-6)12(9,10)11;8-4-1-7(2-5-9)3-6-10/h3-5H,1-2H3,(H,9,10,11);8-10H,1-6H2. The van der Waals surface area contributed by atoms with Gasteiger partial charge in [-0.05, 0) is 25.5 Å². The van der Waals surface area contributed by atoms with E-state index >= 15 is 0 Å². The summed E-state index contributed by atoms with van der Waals surface area (Å²) >= 11 is 0. The van der Waals surface area contributed by atoms with Gasteiger partial charge < -0.3 is 15.3 Å². The molecular formula is C14H25NO6S. The van der Waals surface area contributed by atoms with E-state index in [4.69, 9.17) is 19.9 Å². The molecule has 0 aliphatic heterocycles. The highest BCUT2D eigenvalue weighted by atomic mass is 32.2. The molecule has 0 spiro atoms. The lowest BCUT2D eigenvalue weighted by Crippen LogP contribution is -2.32. The van der Waals surface area contributed by atoms with Crippen LogP contribution in [0.5, 0.6) is 0 Å². The molecule has 22 heavy (non-hydrogen) atoms. The van der Waals surface area contributed by atoms with E-state index in [1.54, 1.807) is 24.0 Å². The van der Waals surface area contributed by atoms with Crippen LogP contribution in [0.4, 0.5) is 0 Å². The third kappa shape index (κ3) is 8.42. The van der Waals surface area contributed by atoms with Crippen LogP contribution in [0.2, 0.25) is 0 Å². The van der Waals surface area contributed by atoms with E-state index < -0.39 is 10.1 Å². The Kier molecular flexibility index (Phi) is 10.2. The normalized spacial score (nSPS) is 11.2. The van der Waals surface area contributed by atoms with Gasteiger partial charge in [-0.3, -0.25) is 9.45 Å². The fourth-order valence-corrected chi connectivity index (χ4v) is 2.55. The first-order chi connectivity index (χ1) is 10.3. The van der Waals surface area contributed by atoms with Crippen LogP contribution in [-0.2, 0) is 10.1 Å². The van der Waals surface area contributed by atoms with Crippen molar-refractivity contribution in [3.05, 3.63) is 29.3 Å². The number of benzene rings is 1. The molecule has 8 heteroatoms. The monoisotopic (exact) mass is 335 g/mol. The molecule has 128 valence electrons. The van der Waals surface area contributed by atoms with Crippen molar-refractivity contribution in [1.29, 1.82) is 0 Å². The number of hydrogen-bond acceptors (Lipinski definition) is 6. The predicted molar refractivity (Wildman–Crippen MR) is 83.4 cm³/mol. The zero-order valence-corrected chi connectivity index (χ0v) is 13.8. The van der Waals surface area contributed by atoms with Gasteiger partial charge >= 0.3 is 0 Å². The first kappa shape index (κ1) is 21.0. The quantitative estimate of drug-likeness (QED) is 0.510. The second-order valence-electron chi connectivity index (χ2n) is 4.76. The van der Waals surface area contributed by atoms with Crippen molar-refractivity contribution in [3.63, 3.8) is 0 Å². The van der Waals surface area contributed by atoms with E-state index in [-0.39, 0.29) is 24.7 Å². The fourth-order valence-electron chi connectivity index (χ4n) is 1.85. The molecule has 4 N–H and O–H groups in total. The van der Waals surface area contributed by atoms with Crippen molar-refractivity contribution in [1.82, 2.24) is 4.90 Å². The van der Waals surface area contributed by atoms with Crippen LogP contribution in [0.1, 0.15) is 11.1 Å². The maximum atomic E-state index is 10.7. The molecule has 0 aliphatic rings. The molecule has 0 unspecified atom stereocenters. The Morgan fingerprint density at radius 2 is 1.41 bits per heavy atom. The van der Waals surface area contributed by atoms with Gasteiger partial charge in [0.15, 0.2) is 0 Å². The van der Waals surface area contributed by atoms with E-state index in [0.29, 0.717) is 25.2 Å². The van der Waals surface area contributed by atoms with Crippen molar-refractivity contribution in [2.24, 2.45) is 0 Å². The Bertz CT molecular complexity index is 518. The minimum Gasteiger partial charge on any atom is -0.395 e. The lowest BCUT2D eigenvalue weighted by molar-refractivity contribution is 0.136. The molecule has 0 atom stereocenters. The maximum Gasteiger partial charge on any atom is 0.294 e. The van der Waals surface area contributed by atoms with Crippen molar-refractivity contribution < 1.29 is 28.3 Å². The van der Waals surface area contributed by atoms with Gasteiger partial charge in [-0.1, -0.05) is 17.7 Å². The minimum atomic E-state index is -4.05. The van der Waals surface area contributed by atoms with Gasteiger partial charge in [-0.15, -0.1) is 0 Å². The Balaban J connectivity index is 0.000000409. The largest absolute Gasteiger partial charge is 0.395 e. The molecule has 0 saturated heterocycles. The Morgan fingerprint density at radius 3 is 1.73 bits per heavy atom. The predicted octanol–water partition coefficient (Wildman–Crippen LogP) is -0.185. The topological polar surface area (TPSA) is 118 Å². The Morgan fingerprint density at radius 1 is 0.955 bits per heavy atom. The molecule has 0 amide bonds. The molecule has 0 aliphatic carbocycles. The second-order valence-corrected chi connectivity index (χ2v) is 6.15. The third-order valence-corrected chi connectivity index (χ3v) is 3.87. The second kappa shape index (κ2) is 10.7. The molecule has 1 aromatic carbocycles. The summed E-state index contributed by atoms with van der Waals surface area (Å²) in [5.74, 6) is 0. The van der Waals surface area contributed by atoms with Crippen molar-refractivity contribution in [3.8, 4) is 0 Å². The lowest BCUT2D eigenvalue weighted by atomic mass is 10.2. The zero-order valence-electron chi connectivity index (χ0n) is 12.9. The molecule has 0 radical (unpaired) electrons. The average molecular weight is 335 g/mol. The number of hydrogen-bond donors (Lipinski definition) is 4. The van der Waals surface area contributed by atoms with E-state index in [0.717, 1.165) is 5.56 Å². The van der Waals surface area contributed by atoms with Gasteiger partial charge in [0.05, 0.1) is 24.7 Å². The number of aryl methyl sites for hydroxylation is 2. The highest BCUT2D eigenvalue weighted by Gasteiger charge is 2.11.